The number of piperazine rings is 1. The molecule has 1 fully saturated rings. The van der Waals surface area contributed by atoms with Gasteiger partial charge in [0.2, 0.25) is 11.9 Å². The van der Waals surface area contributed by atoms with Crippen LogP contribution in [0.15, 0.2) is 69.8 Å². The van der Waals surface area contributed by atoms with Crippen molar-refractivity contribution in [1.29, 1.82) is 0 Å². The number of aliphatic imine (C=N–C) groups is 2. The largest absolute Gasteiger partial charge is 0.343 e. The number of hydrogen-bond donors (Lipinski definition) is 3. The minimum atomic E-state index is -0.569. The van der Waals surface area contributed by atoms with E-state index in [9.17, 15) is 9.59 Å². The molecule has 36 heavy (non-hydrogen) atoms. The molecule has 2 unspecified atom stereocenters. The number of hydrogen-bond acceptors (Lipinski definition) is 6. The number of amidine groups is 1. The minimum Gasteiger partial charge on any atom is -0.343 e. The first kappa shape index (κ1) is 22.9. The number of rotatable bonds is 2. The molecule has 0 aromatic heterocycles. The maximum absolute atomic E-state index is 13.5. The number of amides is 1. The van der Waals surface area contributed by atoms with E-state index in [1.807, 2.05) is 41.3 Å². The monoisotopic (exact) mass is 502 g/mol. The van der Waals surface area contributed by atoms with Crippen molar-refractivity contribution in [3.8, 4) is 0 Å². The van der Waals surface area contributed by atoms with Crippen LogP contribution in [-0.4, -0.2) is 54.6 Å². The van der Waals surface area contributed by atoms with Gasteiger partial charge in [-0.1, -0.05) is 48.0 Å². The molecule has 184 valence electrons. The Labute approximate surface area is 214 Å². The maximum atomic E-state index is 13.5. The molecule has 1 aliphatic carbocycles. The third-order valence-electron chi connectivity index (χ3n) is 7.17. The smallest absolute Gasteiger partial charge is 0.226 e. The van der Waals surface area contributed by atoms with Gasteiger partial charge in [0, 0.05) is 67.4 Å². The van der Waals surface area contributed by atoms with Crippen molar-refractivity contribution in [3.63, 3.8) is 0 Å². The van der Waals surface area contributed by atoms with E-state index < -0.39 is 12.0 Å². The zero-order valence-corrected chi connectivity index (χ0v) is 20.5. The number of nitrogens with one attached hydrogen (secondary N) is 3. The lowest BCUT2D eigenvalue weighted by Crippen LogP contribution is -2.50. The highest BCUT2D eigenvalue weighted by Crippen LogP contribution is 2.41. The van der Waals surface area contributed by atoms with Gasteiger partial charge >= 0.3 is 0 Å². The molecule has 3 heterocycles. The highest BCUT2D eigenvalue weighted by molar-refractivity contribution is 6.31. The summed E-state index contributed by atoms with van der Waals surface area (Å²) in [5, 5.41) is 10.5. The SMILES string of the molecule is O=C1CC(C(=O)N2CCNCC2)CC2=C1C(c1ccccc1Cl)N=C(/N=C1/Cc3ccccc3N1)N2. The second-order valence-corrected chi connectivity index (χ2v) is 9.92. The maximum Gasteiger partial charge on any atom is 0.226 e. The lowest BCUT2D eigenvalue weighted by atomic mass is 9.80. The van der Waals surface area contributed by atoms with Crippen LogP contribution in [0.1, 0.15) is 30.0 Å². The van der Waals surface area contributed by atoms with E-state index in [1.165, 1.54) is 5.56 Å². The van der Waals surface area contributed by atoms with E-state index in [0.29, 0.717) is 42.5 Å². The Hall–Kier alpha value is -3.49. The van der Waals surface area contributed by atoms with Crippen LogP contribution in [0.2, 0.25) is 5.02 Å². The van der Waals surface area contributed by atoms with Crippen molar-refractivity contribution in [2.45, 2.75) is 25.3 Å². The number of para-hydroxylation sites is 1. The number of carbonyl (C=O) groups is 2. The fraction of sp³-hybridized carbons (Fsp3) is 0.333. The number of nitrogens with zero attached hydrogens (tertiary/aromatic N) is 3. The zero-order valence-electron chi connectivity index (χ0n) is 19.8. The Morgan fingerprint density at radius 1 is 1.03 bits per heavy atom. The third kappa shape index (κ3) is 4.31. The van der Waals surface area contributed by atoms with Crippen molar-refractivity contribution < 1.29 is 9.59 Å². The topological polar surface area (TPSA) is 98.2 Å². The second kappa shape index (κ2) is 9.52. The highest BCUT2D eigenvalue weighted by atomic mass is 35.5. The van der Waals surface area contributed by atoms with E-state index in [2.05, 4.69) is 22.0 Å². The quantitative estimate of drug-likeness (QED) is 0.586. The minimum absolute atomic E-state index is 0.0378. The third-order valence-corrected chi connectivity index (χ3v) is 7.51. The summed E-state index contributed by atoms with van der Waals surface area (Å²) < 4.78 is 0. The normalized spacial score (nSPS) is 24.6. The number of allylic oxidation sites excluding steroid dienone is 1. The molecule has 4 aliphatic rings. The average Bonchev–Trinajstić information content (AvgIpc) is 3.30. The summed E-state index contributed by atoms with van der Waals surface area (Å²) in [6, 6.07) is 15.0. The van der Waals surface area contributed by atoms with Crippen LogP contribution in [-0.2, 0) is 16.0 Å². The van der Waals surface area contributed by atoms with Gasteiger partial charge in [0.1, 0.15) is 11.9 Å². The fourth-order valence-corrected chi connectivity index (χ4v) is 5.63. The summed E-state index contributed by atoms with van der Waals surface area (Å²) in [6.45, 7) is 2.88. The summed E-state index contributed by atoms with van der Waals surface area (Å²) in [6.07, 6.45) is 1.30. The number of halogens is 1. The standard InChI is InChI=1S/C27H27ClN6O2/c28-19-7-3-2-6-18(19)25-24-21(13-17(14-22(24)35)26(36)34-11-9-29-10-12-34)31-27(33-25)32-23-15-16-5-1-4-8-20(16)30-23/h1-8,17,25,29H,9-15H2,(H2,30,31,32,33). The molecular weight excluding hydrogens is 476 g/mol. The average molecular weight is 503 g/mol. The number of fused-ring (bicyclic) bond motifs is 1. The van der Waals surface area contributed by atoms with Gasteiger partial charge in [-0.05, 0) is 23.3 Å². The molecule has 1 amide bonds. The predicted octanol–water partition coefficient (Wildman–Crippen LogP) is 3.07. The highest BCUT2D eigenvalue weighted by Gasteiger charge is 2.40. The molecular formula is C27H27ClN6O2. The fourth-order valence-electron chi connectivity index (χ4n) is 5.39. The van der Waals surface area contributed by atoms with Crippen LogP contribution in [0.4, 0.5) is 5.69 Å². The number of benzene rings is 2. The Balaban J connectivity index is 1.33. The first-order valence-electron chi connectivity index (χ1n) is 12.3. The van der Waals surface area contributed by atoms with E-state index in [1.54, 1.807) is 6.07 Å². The van der Waals surface area contributed by atoms with E-state index in [0.717, 1.165) is 35.9 Å². The van der Waals surface area contributed by atoms with Crippen molar-refractivity contribution in [1.82, 2.24) is 15.5 Å². The molecule has 8 nitrogen and oxygen atoms in total. The Bertz CT molecular complexity index is 1300. The van der Waals surface area contributed by atoms with Gasteiger partial charge in [-0.2, -0.15) is 4.99 Å². The molecule has 1 saturated heterocycles. The van der Waals surface area contributed by atoms with Crippen LogP contribution >= 0.6 is 11.6 Å². The van der Waals surface area contributed by atoms with Crippen LogP contribution in [0.3, 0.4) is 0 Å². The van der Waals surface area contributed by atoms with Crippen molar-refractivity contribution >= 4 is 40.8 Å². The van der Waals surface area contributed by atoms with Crippen LogP contribution in [0, 0.1) is 5.92 Å². The summed E-state index contributed by atoms with van der Waals surface area (Å²) in [4.78, 5) is 38.2. The number of anilines is 1. The molecule has 2 atom stereocenters. The van der Waals surface area contributed by atoms with Gasteiger partial charge < -0.3 is 20.9 Å². The van der Waals surface area contributed by atoms with Gasteiger partial charge in [-0.3, -0.25) is 9.59 Å². The van der Waals surface area contributed by atoms with Gasteiger partial charge in [-0.25, -0.2) is 4.99 Å². The number of guanidine groups is 1. The lowest BCUT2D eigenvalue weighted by Gasteiger charge is -2.36. The zero-order chi connectivity index (χ0) is 24.6. The van der Waals surface area contributed by atoms with Gasteiger partial charge in [0.15, 0.2) is 5.78 Å². The molecule has 3 aliphatic heterocycles. The molecule has 3 N–H and O–H groups in total. The first-order chi connectivity index (χ1) is 17.6. The lowest BCUT2D eigenvalue weighted by molar-refractivity contribution is -0.138. The number of Topliss-reactive ketones (excluding diaryl/α,β-unsaturated/α-hetero) is 1. The van der Waals surface area contributed by atoms with Crippen molar-refractivity contribution in [3.05, 3.63) is 76.0 Å². The molecule has 2 aromatic carbocycles. The molecule has 0 radical (unpaired) electrons. The second-order valence-electron chi connectivity index (χ2n) is 9.52. The summed E-state index contributed by atoms with van der Waals surface area (Å²) in [7, 11) is 0. The molecule has 0 saturated carbocycles. The van der Waals surface area contributed by atoms with E-state index in [4.69, 9.17) is 21.6 Å². The molecule has 6 rings (SSSR count). The number of carbonyl (C=O) groups excluding carboxylic acids is 2. The first-order valence-corrected chi connectivity index (χ1v) is 12.7. The molecule has 2 aromatic rings. The van der Waals surface area contributed by atoms with Gasteiger partial charge in [0.25, 0.3) is 0 Å². The van der Waals surface area contributed by atoms with Crippen LogP contribution in [0.25, 0.3) is 0 Å². The van der Waals surface area contributed by atoms with Gasteiger partial charge in [-0.15, -0.1) is 0 Å². The predicted molar refractivity (Wildman–Crippen MR) is 140 cm³/mol. The molecule has 0 spiro atoms. The van der Waals surface area contributed by atoms with Crippen LogP contribution < -0.4 is 16.0 Å². The van der Waals surface area contributed by atoms with Gasteiger partial charge in [0.05, 0.1) is 5.92 Å². The summed E-state index contributed by atoms with van der Waals surface area (Å²) in [5.74, 6) is 0.770. The van der Waals surface area contributed by atoms with Crippen molar-refractivity contribution in [2.75, 3.05) is 31.5 Å². The summed E-state index contributed by atoms with van der Waals surface area (Å²) in [5.41, 5.74) is 4.26. The van der Waals surface area contributed by atoms with E-state index in [-0.39, 0.29) is 18.1 Å². The van der Waals surface area contributed by atoms with Crippen molar-refractivity contribution in [2.24, 2.45) is 15.9 Å². The van der Waals surface area contributed by atoms with Crippen LogP contribution in [0.5, 0.6) is 0 Å². The Morgan fingerprint density at radius 2 is 1.81 bits per heavy atom. The molecule has 0 bridgehead atoms. The Kier molecular flexibility index (Phi) is 6.07. The number of ketones is 1. The van der Waals surface area contributed by atoms with E-state index >= 15 is 0 Å². The Morgan fingerprint density at radius 3 is 2.61 bits per heavy atom. The molecule has 9 heteroatoms. The summed E-state index contributed by atoms with van der Waals surface area (Å²) >= 11 is 6.56.